The summed E-state index contributed by atoms with van der Waals surface area (Å²) in [6.07, 6.45) is 0. The summed E-state index contributed by atoms with van der Waals surface area (Å²) < 4.78 is 2.27. The first kappa shape index (κ1) is 13.8. The maximum absolute atomic E-state index is 4.86. The lowest BCUT2D eigenvalue weighted by Crippen LogP contribution is -1.90. The number of imidazole rings is 1. The normalized spacial score (nSPS) is 11.0. The van der Waals surface area contributed by atoms with Crippen LogP contribution in [-0.4, -0.2) is 9.38 Å². The molecule has 2 heteroatoms. The number of pyridine rings is 1. The SMILES string of the molecule is CC.c1ccc2c(c1)nc1c3ccccc3c3ccccc3n21. The summed E-state index contributed by atoms with van der Waals surface area (Å²) in [4.78, 5) is 4.86. The first-order chi connectivity index (χ1) is 11.4. The van der Waals surface area contributed by atoms with Crippen LogP contribution in [0.3, 0.4) is 0 Å². The van der Waals surface area contributed by atoms with Gasteiger partial charge in [0.15, 0.2) is 0 Å². The van der Waals surface area contributed by atoms with E-state index >= 15 is 0 Å². The Balaban J connectivity index is 0.000000652. The van der Waals surface area contributed by atoms with Crippen LogP contribution >= 0.6 is 0 Å². The molecule has 0 aliphatic heterocycles. The number of benzene rings is 3. The van der Waals surface area contributed by atoms with Gasteiger partial charge in [-0.1, -0.05) is 68.4 Å². The van der Waals surface area contributed by atoms with E-state index in [1.54, 1.807) is 0 Å². The Morgan fingerprint density at radius 2 is 1.17 bits per heavy atom. The Morgan fingerprint density at radius 3 is 1.96 bits per heavy atom. The van der Waals surface area contributed by atoms with Crippen LogP contribution in [0.1, 0.15) is 13.8 Å². The van der Waals surface area contributed by atoms with E-state index in [1.807, 2.05) is 19.9 Å². The fraction of sp³-hybridized carbons (Fsp3) is 0.0952. The van der Waals surface area contributed by atoms with E-state index in [1.165, 1.54) is 21.7 Å². The number of fused-ring (bicyclic) bond motifs is 8. The van der Waals surface area contributed by atoms with Crippen molar-refractivity contribution in [1.29, 1.82) is 0 Å². The van der Waals surface area contributed by atoms with Crippen molar-refractivity contribution in [3.05, 3.63) is 72.8 Å². The fourth-order valence-electron chi connectivity index (χ4n) is 3.26. The standard InChI is InChI=1S/C19H12N2.C2H6/c1-2-9-15-13(7-1)14-8-3-5-11-17(14)21-18-12-6-4-10-16(18)20-19(15)21;1-2/h1-12H;1-2H3. The van der Waals surface area contributed by atoms with Gasteiger partial charge in [0.2, 0.25) is 0 Å². The molecule has 0 saturated carbocycles. The molecule has 0 N–H and O–H groups in total. The molecule has 0 bridgehead atoms. The van der Waals surface area contributed by atoms with Crippen LogP contribution in [0.4, 0.5) is 0 Å². The van der Waals surface area contributed by atoms with Gasteiger partial charge in [0, 0.05) is 10.8 Å². The van der Waals surface area contributed by atoms with Gasteiger partial charge in [0.05, 0.1) is 16.6 Å². The molecule has 0 atom stereocenters. The van der Waals surface area contributed by atoms with Gasteiger partial charge in [-0.05, 0) is 23.6 Å². The molecule has 2 nitrogen and oxygen atoms in total. The van der Waals surface area contributed by atoms with Gasteiger partial charge in [-0.3, -0.25) is 4.40 Å². The number of rotatable bonds is 0. The van der Waals surface area contributed by atoms with E-state index in [0.29, 0.717) is 0 Å². The lowest BCUT2D eigenvalue weighted by Gasteiger charge is -2.08. The number of hydrogen-bond acceptors (Lipinski definition) is 1. The van der Waals surface area contributed by atoms with Gasteiger partial charge in [-0.2, -0.15) is 0 Å². The molecule has 2 aromatic heterocycles. The lowest BCUT2D eigenvalue weighted by molar-refractivity contribution is 1.31. The number of para-hydroxylation sites is 3. The first-order valence-corrected chi connectivity index (χ1v) is 8.10. The van der Waals surface area contributed by atoms with Crippen LogP contribution in [0, 0.1) is 0 Å². The Kier molecular flexibility index (Phi) is 3.23. The van der Waals surface area contributed by atoms with Gasteiger partial charge >= 0.3 is 0 Å². The molecule has 0 fully saturated rings. The summed E-state index contributed by atoms with van der Waals surface area (Å²) in [6, 6.07) is 25.4. The molecule has 3 aromatic carbocycles. The largest absolute Gasteiger partial charge is 0.292 e. The van der Waals surface area contributed by atoms with Gasteiger partial charge in [0.25, 0.3) is 0 Å². The van der Waals surface area contributed by atoms with E-state index in [4.69, 9.17) is 4.98 Å². The zero-order chi connectivity index (χ0) is 15.8. The van der Waals surface area contributed by atoms with Crippen molar-refractivity contribution < 1.29 is 0 Å². The highest BCUT2D eigenvalue weighted by Crippen LogP contribution is 2.31. The summed E-state index contributed by atoms with van der Waals surface area (Å²) in [5, 5.41) is 3.73. The molecular weight excluding hydrogens is 280 g/mol. The third-order valence-electron chi connectivity index (χ3n) is 4.16. The Labute approximate surface area is 135 Å². The zero-order valence-corrected chi connectivity index (χ0v) is 13.3. The summed E-state index contributed by atoms with van der Waals surface area (Å²) in [5.41, 5.74) is 4.44. The Morgan fingerprint density at radius 1 is 0.609 bits per heavy atom. The van der Waals surface area contributed by atoms with Gasteiger partial charge in [-0.15, -0.1) is 0 Å². The van der Waals surface area contributed by atoms with Crippen molar-refractivity contribution >= 4 is 38.4 Å². The fourth-order valence-corrected chi connectivity index (χ4v) is 3.26. The number of aromatic nitrogens is 2. The van der Waals surface area contributed by atoms with Gasteiger partial charge in [-0.25, -0.2) is 4.98 Å². The summed E-state index contributed by atoms with van der Waals surface area (Å²) in [5.74, 6) is 0. The van der Waals surface area contributed by atoms with Crippen molar-refractivity contribution in [2.75, 3.05) is 0 Å². The molecule has 5 rings (SSSR count). The molecule has 0 spiro atoms. The molecule has 0 saturated heterocycles. The summed E-state index contributed by atoms with van der Waals surface area (Å²) >= 11 is 0. The molecule has 2 heterocycles. The van der Waals surface area contributed by atoms with E-state index in [0.717, 1.165) is 16.7 Å². The molecule has 23 heavy (non-hydrogen) atoms. The highest BCUT2D eigenvalue weighted by atomic mass is 15.0. The van der Waals surface area contributed by atoms with Crippen LogP contribution < -0.4 is 0 Å². The predicted octanol–water partition coefficient (Wildman–Crippen LogP) is 5.82. The van der Waals surface area contributed by atoms with Crippen LogP contribution in [0.2, 0.25) is 0 Å². The third kappa shape index (κ3) is 1.92. The van der Waals surface area contributed by atoms with Crippen molar-refractivity contribution in [2.24, 2.45) is 0 Å². The van der Waals surface area contributed by atoms with E-state index < -0.39 is 0 Å². The van der Waals surface area contributed by atoms with Crippen molar-refractivity contribution in [2.45, 2.75) is 13.8 Å². The summed E-state index contributed by atoms with van der Waals surface area (Å²) in [6.45, 7) is 4.00. The molecule has 0 unspecified atom stereocenters. The highest BCUT2D eigenvalue weighted by molar-refractivity contribution is 6.13. The average Bonchev–Trinajstić information content (AvgIpc) is 3.04. The molecule has 0 aliphatic carbocycles. The maximum atomic E-state index is 4.86. The Bertz CT molecular complexity index is 1140. The lowest BCUT2D eigenvalue weighted by atomic mass is 10.1. The average molecular weight is 298 g/mol. The minimum Gasteiger partial charge on any atom is -0.292 e. The molecule has 5 aromatic rings. The van der Waals surface area contributed by atoms with E-state index in [2.05, 4.69) is 71.1 Å². The van der Waals surface area contributed by atoms with Crippen molar-refractivity contribution in [1.82, 2.24) is 9.38 Å². The number of nitrogens with zero attached hydrogens (tertiary/aromatic N) is 2. The van der Waals surface area contributed by atoms with E-state index in [9.17, 15) is 0 Å². The Hall–Kier alpha value is -2.87. The quantitative estimate of drug-likeness (QED) is 0.329. The summed E-state index contributed by atoms with van der Waals surface area (Å²) in [7, 11) is 0. The second kappa shape index (κ2) is 5.40. The highest BCUT2D eigenvalue weighted by Gasteiger charge is 2.12. The van der Waals surface area contributed by atoms with Crippen LogP contribution in [0.5, 0.6) is 0 Å². The minimum absolute atomic E-state index is 1.03. The van der Waals surface area contributed by atoms with Gasteiger partial charge in [0.1, 0.15) is 5.65 Å². The maximum Gasteiger partial charge on any atom is 0.146 e. The molecule has 0 amide bonds. The molecule has 0 aliphatic rings. The van der Waals surface area contributed by atoms with E-state index in [-0.39, 0.29) is 0 Å². The zero-order valence-electron chi connectivity index (χ0n) is 13.3. The predicted molar refractivity (Wildman–Crippen MR) is 99.1 cm³/mol. The minimum atomic E-state index is 1.03. The second-order valence-corrected chi connectivity index (χ2v) is 5.32. The first-order valence-electron chi connectivity index (χ1n) is 8.10. The van der Waals surface area contributed by atoms with Gasteiger partial charge < -0.3 is 0 Å². The topological polar surface area (TPSA) is 17.3 Å². The second-order valence-electron chi connectivity index (χ2n) is 5.32. The van der Waals surface area contributed by atoms with Crippen molar-refractivity contribution in [3.63, 3.8) is 0 Å². The van der Waals surface area contributed by atoms with Crippen LogP contribution in [0.25, 0.3) is 38.4 Å². The van der Waals surface area contributed by atoms with Crippen molar-refractivity contribution in [3.8, 4) is 0 Å². The third-order valence-corrected chi connectivity index (χ3v) is 4.16. The molecular formula is C21H18N2. The van der Waals surface area contributed by atoms with Crippen LogP contribution in [0.15, 0.2) is 72.8 Å². The number of hydrogen-bond donors (Lipinski definition) is 0. The molecule has 0 radical (unpaired) electrons. The smallest absolute Gasteiger partial charge is 0.146 e. The monoisotopic (exact) mass is 298 g/mol. The van der Waals surface area contributed by atoms with Crippen LogP contribution in [-0.2, 0) is 0 Å². The molecule has 112 valence electrons.